The van der Waals surface area contributed by atoms with Gasteiger partial charge in [-0.2, -0.15) is 0 Å². The van der Waals surface area contributed by atoms with E-state index < -0.39 is 11.2 Å². The molecule has 0 fully saturated rings. The van der Waals surface area contributed by atoms with Crippen LogP contribution in [0.15, 0.2) is 61.8 Å². The van der Waals surface area contributed by atoms with Gasteiger partial charge in [0, 0.05) is 14.1 Å². The Balaban J connectivity index is 1.67. The monoisotopic (exact) mass is 457 g/mol. The van der Waals surface area contributed by atoms with Crippen molar-refractivity contribution in [2.24, 2.45) is 14.1 Å². The van der Waals surface area contributed by atoms with E-state index in [4.69, 9.17) is 4.42 Å². The van der Waals surface area contributed by atoms with Crippen LogP contribution in [0.2, 0.25) is 0 Å². The zero-order valence-electron chi connectivity index (χ0n) is 17.4. The normalized spacial score (nSPS) is 11.2. The molecule has 11 heteroatoms. The van der Waals surface area contributed by atoms with Gasteiger partial charge in [-0.05, 0) is 29.8 Å². The molecule has 0 spiro atoms. The SMILES string of the molecule is Cn1c(=O)c2c(nc(SCC(=O)NCc3ccco3)n2Cc2ccc(F)cc2)n(C)c1=O. The number of fused-ring (bicyclic) bond motifs is 1. The lowest BCUT2D eigenvalue weighted by Crippen LogP contribution is -2.37. The van der Waals surface area contributed by atoms with Gasteiger partial charge in [0.1, 0.15) is 11.6 Å². The Morgan fingerprint density at radius 3 is 2.59 bits per heavy atom. The molecule has 0 saturated carbocycles. The zero-order chi connectivity index (χ0) is 22.8. The second kappa shape index (κ2) is 8.87. The molecule has 4 aromatic rings. The van der Waals surface area contributed by atoms with Crippen LogP contribution in [-0.2, 0) is 32.0 Å². The number of furan rings is 1. The summed E-state index contributed by atoms with van der Waals surface area (Å²) in [5, 5.41) is 3.15. The fourth-order valence-electron chi connectivity index (χ4n) is 3.24. The second-order valence-electron chi connectivity index (χ2n) is 7.13. The van der Waals surface area contributed by atoms with Crippen molar-refractivity contribution in [3.63, 3.8) is 0 Å². The third-order valence-electron chi connectivity index (χ3n) is 4.94. The van der Waals surface area contributed by atoms with Crippen molar-refractivity contribution < 1.29 is 13.6 Å². The lowest BCUT2D eigenvalue weighted by molar-refractivity contribution is -0.118. The van der Waals surface area contributed by atoms with E-state index in [-0.39, 0.29) is 41.7 Å². The summed E-state index contributed by atoms with van der Waals surface area (Å²) < 4.78 is 22.5. The van der Waals surface area contributed by atoms with Gasteiger partial charge in [0.05, 0.1) is 25.1 Å². The highest BCUT2D eigenvalue weighted by atomic mass is 32.2. The highest BCUT2D eigenvalue weighted by molar-refractivity contribution is 7.99. The average molecular weight is 457 g/mol. The molecule has 0 bridgehead atoms. The molecule has 32 heavy (non-hydrogen) atoms. The fraction of sp³-hybridized carbons (Fsp3) is 0.238. The van der Waals surface area contributed by atoms with Crippen LogP contribution in [0.1, 0.15) is 11.3 Å². The zero-order valence-corrected chi connectivity index (χ0v) is 18.2. The number of nitrogens with zero attached hydrogens (tertiary/aromatic N) is 4. The highest BCUT2D eigenvalue weighted by Crippen LogP contribution is 2.23. The van der Waals surface area contributed by atoms with Gasteiger partial charge in [0.15, 0.2) is 16.3 Å². The largest absolute Gasteiger partial charge is 0.467 e. The molecule has 0 aliphatic carbocycles. The number of carbonyl (C=O) groups excluding carboxylic acids is 1. The van der Waals surface area contributed by atoms with Crippen molar-refractivity contribution in [1.82, 2.24) is 24.0 Å². The number of thioether (sulfide) groups is 1. The van der Waals surface area contributed by atoms with Crippen molar-refractivity contribution in [3.05, 3.63) is 80.6 Å². The van der Waals surface area contributed by atoms with Gasteiger partial charge >= 0.3 is 5.69 Å². The number of amides is 1. The maximum absolute atomic E-state index is 13.3. The summed E-state index contributed by atoms with van der Waals surface area (Å²) >= 11 is 1.14. The standard InChI is InChI=1S/C21H20FN5O4S/c1-25-18-17(19(29)26(2)21(25)30)27(11-13-5-7-14(22)8-6-13)20(24-18)32-12-16(28)23-10-15-4-3-9-31-15/h3-9H,10-12H2,1-2H3,(H,23,28). The first-order chi connectivity index (χ1) is 15.3. The molecule has 4 rings (SSSR count). The summed E-state index contributed by atoms with van der Waals surface area (Å²) in [4.78, 5) is 42.0. The topological polar surface area (TPSA) is 104 Å². The molecule has 0 aliphatic rings. The van der Waals surface area contributed by atoms with Gasteiger partial charge in [-0.15, -0.1) is 0 Å². The number of hydrogen-bond donors (Lipinski definition) is 1. The molecule has 166 valence electrons. The number of rotatable bonds is 7. The van der Waals surface area contributed by atoms with E-state index in [1.54, 1.807) is 28.8 Å². The number of hydrogen-bond acceptors (Lipinski definition) is 6. The van der Waals surface area contributed by atoms with E-state index >= 15 is 0 Å². The summed E-state index contributed by atoms with van der Waals surface area (Å²) in [6.45, 7) is 0.480. The summed E-state index contributed by atoms with van der Waals surface area (Å²) in [6.07, 6.45) is 1.53. The summed E-state index contributed by atoms with van der Waals surface area (Å²) in [6, 6.07) is 9.37. The van der Waals surface area contributed by atoms with Gasteiger partial charge in [-0.25, -0.2) is 14.2 Å². The van der Waals surface area contributed by atoms with Gasteiger partial charge in [-0.3, -0.25) is 18.7 Å². The van der Waals surface area contributed by atoms with Gasteiger partial charge in [0.2, 0.25) is 5.91 Å². The van der Waals surface area contributed by atoms with E-state index in [2.05, 4.69) is 10.3 Å². The number of aryl methyl sites for hydroxylation is 1. The first kappa shape index (κ1) is 21.6. The summed E-state index contributed by atoms with van der Waals surface area (Å²) in [5.74, 6) is 0.0613. The Bertz CT molecular complexity index is 1390. The van der Waals surface area contributed by atoms with E-state index in [9.17, 15) is 18.8 Å². The lowest BCUT2D eigenvalue weighted by atomic mass is 10.2. The van der Waals surface area contributed by atoms with Crippen LogP contribution in [0.4, 0.5) is 4.39 Å². The fourth-order valence-corrected chi connectivity index (χ4v) is 4.06. The predicted molar refractivity (Wildman–Crippen MR) is 117 cm³/mol. The van der Waals surface area contributed by atoms with E-state index in [1.807, 2.05) is 0 Å². The van der Waals surface area contributed by atoms with Gasteiger partial charge in [0.25, 0.3) is 5.56 Å². The third-order valence-corrected chi connectivity index (χ3v) is 5.92. The van der Waals surface area contributed by atoms with Crippen molar-refractivity contribution in [2.75, 3.05) is 5.75 Å². The van der Waals surface area contributed by atoms with Crippen LogP contribution in [0.3, 0.4) is 0 Å². The molecular weight excluding hydrogens is 437 g/mol. The molecule has 0 radical (unpaired) electrons. The molecule has 9 nitrogen and oxygen atoms in total. The first-order valence-corrected chi connectivity index (χ1v) is 10.7. The van der Waals surface area contributed by atoms with Crippen LogP contribution in [0, 0.1) is 5.82 Å². The Morgan fingerprint density at radius 1 is 1.16 bits per heavy atom. The first-order valence-electron chi connectivity index (χ1n) is 9.67. The molecule has 3 heterocycles. The molecular formula is C21H20FN5O4S. The van der Waals surface area contributed by atoms with E-state index in [0.717, 1.165) is 21.9 Å². The summed E-state index contributed by atoms with van der Waals surface area (Å²) in [7, 11) is 2.93. The number of imidazole rings is 1. The van der Waals surface area contributed by atoms with E-state index in [1.165, 1.54) is 37.1 Å². The second-order valence-corrected chi connectivity index (χ2v) is 8.07. The average Bonchev–Trinajstić information content (AvgIpc) is 3.43. The molecule has 0 aliphatic heterocycles. The molecule has 1 amide bonds. The van der Waals surface area contributed by atoms with Crippen LogP contribution in [-0.4, -0.2) is 30.3 Å². The maximum Gasteiger partial charge on any atom is 0.332 e. The quantitative estimate of drug-likeness (QED) is 0.423. The number of benzene rings is 1. The van der Waals surface area contributed by atoms with Crippen molar-refractivity contribution in [2.45, 2.75) is 18.2 Å². The third kappa shape index (κ3) is 4.24. The van der Waals surface area contributed by atoms with Gasteiger partial charge < -0.3 is 14.3 Å². The van der Waals surface area contributed by atoms with Crippen LogP contribution in [0.25, 0.3) is 11.2 Å². The predicted octanol–water partition coefficient (Wildman–Crippen LogP) is 1.62. The van der Waals surface area contributed by atoms with Crippen LogP contribution < -0.4 is 16.6 Å². The van der Waals surface area contributed by atoms with Crippen LogP contribution >= 0.6 is 11.8 Å². The Morgan fingerprint density at radius 2 is 1.91 bits per heavy atom. The van der Waals surface area contributed by atoms with Crippen molar-refractivity contribution >= 4 is 28.8 Å². The molecule has 0 atom stereocenters. The van der Waals surface area contributed by atoms with Crippen molar-refractivity contribution in [1.29, 1.82) is 0 Å². The lowest BCUT2D eigenvalue weighted by Gasteiger charge is -2.10. The number of nitrogens with one attached hydrogen (secondary N) is 1. The van der Waals surface area contributed by atoms with Crippen molar-refractivity contribution in [3.8, 4) is 0 Å². The Hall–Kier alpha value is -3.60. The minimum atomic E-state index is -0.498. The number of halogens is 1. The van der Waals surface area contributed by atoms with Gasteiger partial charge in [-0.1, -0.05) is 23.9 Å². The number of aromatic nitrogens is 4. The molecule has 1 aromatic carbocycles. The molecule has 1 N–H and O–H groups in total. The maximum atomic E-state index is 13.3. The Kier molecular flexibility index (Phi) is 5.99. The van der Waals surface area contributed by atoms with E-state index in [0.29, 0.717) is 10.9 Å². The van der Waals surface area contributed by atoms with Crippen LogP contribution in [0.5, 0.6) is 0 Å². The smallest absolute Gasteiger partial charge is 0.332 e. The Labute approximate surface area is 185 Å². The summed E-state index contributed by atoms with van der Waals surface area (Å²) in [5.41, 5.74) is 0.204. The highest BCUT2D eigenvalue weighted by Gasteiger charge is 2.20. The minimum absolute atomic E-state index is 0.0434. The number of carbonyl (C=O) groups is 1. The minimum Gasteiger partial charge on any atom is -0.467 e. The molecule has 0 unspecified atom stereocenters. The molecule has 3 aromatic heterocycles. The molecule has 0 saturated heterocycles.